The molecule has 0 fully saturated rings. The summed E-state index contributed by atoms with van der Waals surface area (Å²) in [7, 11) is 0. The number of carbonyl (C=O) groups excluding carboxylic acids is 1. The fourth-order valence-electron chi connectivity index (χ4n) is 2.47. The number of hydrogen-bond donors (Lipinski definition) is 2. The first-order valence-electron chi connectivity index (χ1n) is 7.78. The first kappa shape index (κ1) is 18.7. The normalized spacial score (nSPS) is 10.9. The number of carbonyl (C=O) groups is 1. The van der Waals surface area contributed by atoms with Crippen LogP contribution in [-0.2, 0) is 4.79 Å². The minimum atomic E-state index is -0.166. The molecule has 136 valence electrons. The Kier molecular flexibility index (Phi) is 5.54. The predicted molar refractivity (Wildman–Crippen MR) is 108 cm³/mol. The maximum Gasteiger partial charge on any atom is 0.236 e. The Balaban J connectivity index is 1.71. The summed E-state index contributed by atoms with van der Waals surface area (Å²) in [6, 6.07) is 2.18. The molecule has 0 aliphatic rings. The van der Waals surface area contributed by atoms with Gasteiger partial charge in [-0.05, 0) is 49.9 Å². The maximum atomic E-state index is 12.1. The van der Waals surface area contributed by atoms with E-state index in [0.29, 0.717) is 14.6 Å². The SMILES string of the molecule is Cc1cc(C)c(C)c(-c2nnc(NC(=O)CSc3nnc(N)s3)s2)c1C. The molecule has 0 aliphatic heterocycles. The van der Waals surface area contributed by atoms with E-state index in [1.165, 1.54) is 56.7 Å². The number of nitrogens with two attached hydrogens (primary N) is 1. The molecule has 0 saturated heterocycles. The Morgan fingerprint density at radius 3 is 2.38 bits per heavy atom. The van der Waals surface area contributed by atoms with Crippen molar-refractivity contribution in [1.29, 1.82) is 0 Å². The van der Waals surface area contributed by atoms with E-state index in [-0.39, 0.29) is 11.7 Å². The largest absolute Gasteiger partial charge is 0.374 e. The summed E-state index contributed by atoms with van der Waals surface area (Å²) in [6.07, 6.45) is 0. The van der Waals surface area contributed by atoms with Crippen LogP contribution in [0.2, 0.25) is 0 Å². The second-order valence-electron chi connectivity index (χ2n) is 5.79. The van der Waals surface area contributed by atoms with Crippen molar-refractivity contribution in [3.8, 4) is 10.6 Å². The Bertz CT molecular complexity index is 939. The zero-order chi connectivity index (χ0) is 18.8. The van der Waals surface area contributed by atoms with Gasteiger partial charge in [0, 0.05) is 5.56 Å². The molecule has 2 heterocycles. The minimum absolute atomic E-state index is 0.166. The molecule has 0 spiro atoms. The summed E-state index contributed by atoms with van der Waals surface area (Å²) < 4.78 is 0.664. The predicted octanol–water partition coefficient (Wildman–Crippen LogP) is 3.60. The monoisotopic (exact) mass is 406 g/mol. The Morgan fingerprint density at radius 1 is 1.08 bits per heavy atom. The zero-order valence-electron chi connectivity index (χ0n) is 14.8. The van der Waals surface area contributed by atoms with Gasteiger partial charge in [-0.25, -0.2) is 0 Å². The number of rotatable bonds is 5. The highest BCUT2D eigenvalue weighted by Gasteiger charge is 2.16. The fraction of sp³-hybridized carbons (Fsp3) is 0.312. The molecule has 26 heavy (non-hydrogen) atoms. The van der Waals surface area contributed by atoms with Gasteiger partial charge in [-0.3, -0.25) is 10.1 Å². The molecule has 0 unspecified atom stereocenters. The summed E-state index contributed by atoms with van der Waals surface area (Å²) in [4.78, 5) is 12.1. The van der Waals surface area contributed by atoms with Crippen LogP contribution in [0.15, 0.2) is 10.4 Å². The van der Waals surface area contributed by atoms with Gasteiger partial charge >= 0.3 is 0 Å². The van der Waals surface area contributed by atoms with E-state index >= 15 is 0 Å². The minimum Gasteiger partial charge on any atom is -0.374 e. The van der Waals surface area contributed by atoms with Crippen molar-refractivity contribution in [2.45, 2.75) is 32.0 Å². The first-order chi connectivity index (χ1) is 12.3. The number of thioether (sulfide) groups is 1. The van der Waals surface area contributed by atoms with Crippen molar-refractivity contribution in [1.82, 2.24) is 20.4 Å². The van der Waals surface area contributed by atoms with E-state index in [1.54, 1.807) is 0 Å². The van der Waals surface area contributed by atoms with Gasteiger partial charge in [0.25, 0.3) is 0 Å². The van der Waals surface area contributed by atoms with Crippen molar-refractivity contribution in [2.24, 2.45) is 0 Å². The molecule has 10 heteroatoms. The van der Waals surface area contributed by atoms with Crippen LogP contribution in [0.4, 0.5) is 10.3 Å². The molecule has 0 radical (unpaired) electrons. The third kappa shape index (κ3) is 4.02. The van der Waals surface area contributed by atoms with Crippen molar-refractivity contribution in [3.05, 3.63) is 28.3 Å². The van der Waals surface area contributed by atoms with Crippen LogP contribution in [0.5, 0.6) is 0 Å². The molecule has 3 aromatic rings. The van der Waals surface area contributed by atoms with Gasteiger partial charge in [0.2, 0.25) is 16.2 Å². The quantitative estimate of drug-likeness (QED) is 0.623. The lowest BCUT2D eigenvalue weighted by Gasteiger charge is -2.12. The highest BCUT2D eigenvalue weighted by Crippen LogP contribution is 2.34. The summed E-state index contributed by atoms with van der Waals surface area (Å²) in [5.41, 5.74) is 11.4. The van der Waals surface area contributed by atoms with Crippen molar-refractivity contribution in [3.63, 3.8) is 0 Å². The second kappa shape index (κ2) is 7.68. The Labute approximate surface area is 163 Å². The average molecular weight is 407 g/mol. The van der Waals surface area contributed by atoms with Gasteiger partial charge in [0.15, 0.2) is 4.34 Å². The smallest absolute Gasteiger partial charge is 0.236 e. The number of nitrogen functional groups attached to an aromatic ring is 1. The summed E-state index contributed by atoms with van der Waals surface area (Å²) >= 11 is 3.92. The molecule has 0 saturated carbocycles. The van der Waals surface area contributed by atoms with Crippen LogP contribution in [0, 0.1) is 27.7 Å². The lowest BCUT2D eigenvalue weighted by molar-refractivity contribution is -0.113. The fourth-order valence-corrected chi connectivity index (χ4v) is 4.83. The number of anilines is 2. The summed E-state index contributed by atoms with van der Waals surface area (Å²) in [5.74, 6) is 0.0471. The number of benzene rings is 1. The molecule has 3 N–H and O–H groups in total. The second-order valence-corrected chi connectivity index (χ2v) is 9.00. The summed E-state index contributed by atoms with van der Waals surface area (Å²) in [5, 5.41) is 20.5. The molecule has 0 aliphatic carbocycles. The molecular formula is C16H18N6OS3. The number of aryl methyl sites for hydroxylation is 2. The molecule has 1 amide bonds. The van der Waals surface area contributed by atoms with E-state index in [4.69, 9.17) is 5.73 Å². The Hall–Kier alpha value is -2.04. The van der Waals surface area contributed by atoms with Gasteiger partial charge in [-0.15, -0.1) is 20.4 Å². The maximum absolute atomic E-state index is 12.1. The number of nitrogens with zero attached hydrogens (tertiary/aromatic N) is 4. The van der Waals surface area contributed by atoms with E-state index in [9.17, 15) is 4.79 Å². The molecule has 0 atom stereocenters. The molecule has 3 rings (SSSR count). The zero-order valence-corrected chi connectivity index (χ0v) is 17.2. The van der Waals surface area contributed by atoms with Crippen LogP contribution in [0.3, 0.4) is 0 Å². The first-order valence-corrected chi connectivity index (χ1v) is 10.4. The van der Waals surface area contributed by atoms with E-state index in [1.807, 2.05) is 0 Å². The van der Waals surface area contributed by atoms with Gasteiger partial charge < -0.3 is 5.73 Å². The van der Waals surface area contributed by atoms with Crippen LogP contribution in [-0.4, -0.2) is 32.1 Å². The van der Waals surface area contributed by atoms with Gasteiger partial charge in [-0.1, -0.05) is 40.5 Å². The molecule has 1 aromatic carbocycles. The van der Waals surface area contributed by atoms with Crippen LogP contribution < -0.4 is 11.1 Å². The highest BCUT2D eigenvalue weighted by atomic mass is 32.2. The number of aromatic nitrogens is 4. The standard InChI is InChI=1S/C16H18N6OS3/c1-7-5-8(2)10(4)12(9(7)3)13-19-21-15(25-13)18-11(23)6-24-16-22-20-14(17)26-16/h5H,6H2,1-4H3,(H2,17,20)(H,18,21,23). The van der Waals surface area contributed by atoms with E-state index in [2.05, 4.69) is 59.5 Å². The van der Waals surface area contributed by atoms with Crippen molar-refractivity contribution >= 4 is 50.6 Å². The van der Waals surface area contributed by atoms with Gasteiger partial charge in [0.05, 0.1) is 5.75 Å². The van der Waals surface area contributed by atoms with Crippen LogP contribution >= 0.6 is 34.4 Å². The molecular weight excluding hydrogens is 388 g/mol. The lowest BCUT2D eigenvalue weighted by Crippen LogP contribution is -2.13. The molecule has 2 aromatic heterocycles. The number of nitrogens with one attached hydrogen (secondary N) is 1. The molecule has 7 nitrogen and oxygen atoms in total. The summed E-state index contributed by atoms with van der Waals surface area (Å²) in [6.45, 7) is 8.35. The Morgan fingerprint density at radius 2 is 1.77 bits per heavy atom. The van der Waals surface area contributed by atoms with Gasteiger partial charge in [0.1, 0.15) is 5.01 Å². The van der Waals surface area contributed by atoms with E-state index < -0.39 is 0 Å². The van der Waals surface area contributed by atoms with Crippen LogP contribution in [0.1, 0.15) is 22.3 Å². The number of hydrogen-bond acceptors (Lipinski definition) is 9. The van der Waals surface area contributed by atoms with Crippen LogP contribution in [0.25, 0.3) is 10.6 Å². The molecule has 0 bridgehead atoms. The van der Waals surface area contributed by atoms with Crippen molar-refractivity contribution in [2.75, 3.05) is 16.8 Å². The van der Waals surface area contributed by atoms with E-state index in [0.717, 1.165) is 10.6 Å². The highest BCUT2D eigenvalue weighted by molar-refractivity contribution is 8.01. The third-order valence-electron chi connectivity index (χ3n) is 4.00. The number of amides is 1. The average Bonchev–Trinajstić information content (AvgIpc) is 3.21. The van der Waals surface area contributed by atoms with Gasteiger partial charge in [-0.2, -0.15) is 0 Å². The lowest BCUT2D eigenvalue weighted by atomic mass is 9.95. The topological polar surface area (TPSA) is 107 Å². The third-order valence-corrected chi connectivity index (χ3v) is 6.74. The van der Waals surface area contributed by atoms with Crippen molar-refractivity contribution < 1.29 is 4.79 Å².